The quantitative estimate of drug-likeness (QED) is 0.314. The average molecular weight is 253 g/mol. The van der Waals surface area contributed by atoms with Gasteiger partial charge in [-0.25, -0.2) is 0 Å². The Morgan fingerprint density at radius 3 is 3.00 bits per heavy atom. The number of carbonyl (C=O) groups is 1. The second-order valence-corrected chi connectivity index (χ2v) is 4.92. The van der Waals surface area contributed by atoms with E-state index < -0.39 is 5.54 Å². The molecule has 1 amide bonds. The Morgan fingerprint density at radius 2 is 2.39 bits per heavy atom. The van der Waals surface area contributed by atoms with Crippen LogP contribution in [0.25, 0.3) is 10.4 Å². The Kier molecular flexibility index (Phi) is 5.95. The highest BCUT2D eigenvalue weighted by molar-refractivity contribution is 5.85. The highest BCUT2D eigenvalue weighted by atomic mass is 16.1. The molecular weight excluding hydrogens is 230 g/mol. The maximum Gasteiger partial charge on any atom is 0.238 e. The van der Waals surface area contributed by atoms with Gasteiger partial charge < -0.3 is 11.1 Å². The van der Waals surface area contributed by atoms with Gasteiger partial charge in [-0.05, 0) is 37.3 Å². The molecule has 0 saturated heterocycles. The standard InChI is InChI=1S/C12H23N5O/c1-2-10-6-3-4-7-12(10,11(13)18)15-8-5-9-16-17-14/h10,15H,2-9H2,1H3,(H2,13,18). The number of nitrogens with zero attached hydrogens (tertiary/aromatic N) is 3. The first kappa shape index (κ1) is 14.8. The van der Waals surface area contributed by atoms with Crippen LogP contribution in [0.5, 0.6) is 0 Å². The lowest BCUT2D eigenvalue weighted by Gasteiger charge is -2.42. The summed E-state index contributed by atoms with van der Waals surface area (Å²) in [5, 5.41) is 6.82. The summed E-state index contributed by atoms with van der Waals surface area (Å²) >= 11 is 0. The van der Waals surface area contributed by atoms with Crippen molar-refractivity contribution in [1.29, 1.82) is 0 Å². The predicted octanol–water partition coefficient (Wildman–Crippen LogP) is 2.10. The highest BCUT2D eigenvalue weighted by Crippen LogP contribution is 2.35. The van der Waals surface area contributed by atoms with Crippen LogP contribution >= 0.6 is 0 Å². The van der Waals surface area contributed by atoms with E-state index in [-0.39, 0.29) is 5.91 Å². The van der Waals surface area contributed by atoms with Crippen LogP contribution in [0.3, 0.4) is 0 Å². The Labute approximate surface area is 108 Å². The molecule has 2 atom stereocenters. The molecule has 0 aromatic rings. The van der Waals surface area contributed by atoms with E-state index in [9.17, 15) is 4.79 Å². The van der Waals surface area contributed by atoms with Crippen LogP contribution in [0.2, 0.25) is 0 Å². The summed E-state index contributed by atoms with van der Waals surface area (Å²) in [4.78, 5) is 14.6. The summed E-state index contributed by atoms with van der Waals surface area (Å²) in [6.07, 6.45) is 5.80. The summed E-state index contributed by atoms with van der Waals surface area (Å²) in [5.41, 5.74) is 13.3. The molecule has 0 aromatic carbocycles. The largest absolute Gasteiger partial charge is 0.368 e. The molecule has 0 heterocycles. The summed E-state index contributed by atoms with van der Waals surface area (Å²) in [6, 6.07) is 0. The van der Waals surface area contributed by atoms with E-state index in [4.69, 9.17) is 11.3 Å². The lowest BCUT2D eigenvalue weighted by Crippen LogP contribution is -2.61. The number of amides is 1. The molecule has 1 saturated carbocycles. The van der Waals surface area contributed by atoms with Crippen LogP contribution in [0.15, 0.2) is 5.11 Å². The first-order valence-electron chi connectivity index (χ1n) is 6.73. The van der Waals surface area contributed by atoms with Gasteiger partial charge in [-0.15, -0.1) is 0 Å². The van der Waals surface area contributed by atoms with Crippen LogP contribution in [0.1, 0.15) is 45.4 Å². The van der Waals surface area contributed by atoms with Crippen molar-refractivity contribution in [1.82, 2.24) is 5.32 Å². The Balaban J connectivity index is 2.61. The monoisotopic (exact) mass is 253 g/mol. The molecule has 1 rings (SSSR count). The fraction of sp³-hybridized carbons (Fsp3) is 0.917. The Bertz CT molecular complexity index is 326. The van der Waals surface area contributed by atoms with Gasteiger partial charge in [0.25, 0.3) is 0 Å². The van der Waals surface area contributed by atoms with E-state index in [1.54, 1.807) is 0 Å². The lowest BCUT2D eigenvalue weighted by molar-refractivity contribution is -0.128. The fourth-order valence-corrected chi connectivity index (χ4v) is 2.95. The molecule has 2 unspecified atom stereocenters. The second kappa shape index (κ2) is 7.24. The minimum atomic E-state index is -0.552. The first-order valence-corrected chi connectivity index (χ1v) is 6.73. The molecule has 0 bridgehead atoms. The minimum absolute atomic E-state index is 0.238. The van der Waals surface area contributed by atoms with E-state index in [1.807, 2.05) is 0 Å². The summed E-state index contributed by atoms with van der Waals surface area (Å²) < 4.78 is 0. The molecule has 102 valence electrons. The molecule has 1 fully saturated rings. The Hall–Kier alpha value is -1.26. The van der Waals surface area contributed by atoms with Crippen LogP contribution < -0.4 is 11.1 Å². The van der Waals surface area contributed by atoms with E-state index in [0.29, 0.717) is 19.0 Å². The van der Waals surface area contributed by atoms with Crippen molar-refractivity contribution in [3.05, 3.63) is 10.4 Å². The van der Waals surface area contributed by atoms with Gasteiger partial charge >= 0.3 is 0 Å². The van der Waals surface area contributed by atoms with Gasteiger partial charge in [-0.2, -0.15) is 0 Å². The van der Waals surface area contributed by atoms with Gasteiger partial charge in [0.1, 0.15) is 5.54 Å². The summed E-state index contributed by atoms with van der Waals surface area (Å²) in [6.45, 7) is 3.23. The van der Waals surface area contributed by atoms with Crippen molar-refractivity contribution in [2.75, 3.05) is 13.1 Å². The zero-order valence-electron chi connectivity index (χ0n) is 11.1. The van der Waals surface area contributed by atoms with E-state index >= 15 is 0 Å². The number of azide groups is 1. The van der Waals surface area contributed by atoms with Crippen LogP contribution in [0, 0.1) is 5.92 Å². The summed E-state index contributed by atoms with van der Waals surface area (Å²) in [5.74, 6) is 0.0843. The third kappa shape index (κ3) is 3.37. The molecule has 0 radical (unpaired) electrons. The van der Waals surface area contributed by atoms with Crippen molar-refractivity contribution in [3.8, 4) is 0 Å². The topological polar surface area (TPSA) is 104 Å². The van der Waals surface area contributed by atoms with E-state index in [1.165, 1.54) is 6.42 Å². The molecule has 0 aliphatic heterocycles. The highest BCUT2D eigenvalue weighted by Gasteiger charge is 2.44. The molecule has 0 aromatic heterocycles. The molecule has 1 aliphatic rings. The molecule has 3 N–H and O–H groups in total. The van der Waals surface area contributed by atoms with Crippen molar-refractivity contribution >= 4 is 5.91 Å². The van der Waals surface area contributed by atoms with Gasteiger partial charge in [-0.3, -0.25) is 4.79 Å². The molecule has 6 nitrogen and oxygen atoms in total. The van der Waals surface area contributed by atoms with Gasteiger partial charge in [0, 0.05) is 11.5 Å². The third-order valence-corrected chi connectivity index (χ3v) is 3.94. The number of primary amides is 1. The van der Waals surface area contributed by atoms with Crippen LogP contribution in [-0.4, -0.2) is 24.5 Å². The Morgan fingerprint density at radius 1 is 1.61 bits per heavy atom. The fourth-order valence-electron chi connectivity index (χ4n) is 2.95. The maximum atomic E-state index is 11.8. The molecular formula is C12H23N5O. The van der Waals surface area contributed by atoms with Gasteiger partial charge in [0.05, 0.1) is 0 Å². The number of nitrogens with one attached hydrogen (secondary N) is 1. The van der Waals surface area contributed by atoms with Gasteiger partial charge in [-0.1, -0.05) is 31.3 Å². The number of rotatable bonds is 7. The SMILES string of the molecule is CCC1CCCCC1(NCCCN=[N+]=[N-])C(N)=O. The van der Waals surface area contributed by atoms with Crippen LogP contribution in [0.4, 0.5) is 0 Å². The maximum absolute atomic E-state index is 11.8. The van der Waals surface area contributed by atoms with Crippen molar-refractivity contribution in [3.63, 3.8) is 0 Å². The predicted molar refractivity (Wildman–Crippen MR) is 70.8 cm³/mol. The third-order valence-electron chi connectivity index (χ3n) is 3.94. The molecule has 6 heteroatoms. The van der Waals surface area contributed by atoms with Crippen molar-refractivity contribution in [2.45, 2.75) is 51.0 Å². The molecule has 18 heavy (non-hydrogen) atoms. The summed E-state index contributed by atoms with van der Waals surface area (Å²) in [7, 11) is 0. The second-order valence-electron chi connectivity index (χ2n) is 4.92. The van der Waals surface area contributed by atoms with Crippen molar-refractivity contribution < 1.29 is 4.79 Å². The zero-order chi connectivity index (χ0) is 13.4. The normalized spacial score (nSPS) is 27.5. The number of carbonyl (C=O) groups excluding carboxylic acids is 1. The van der Waals surface area contributed by atoms with E-state index in [0.717, 1.165) is 32.1 Å². The van der Waals surface area contributed by atoms with Crippen molar-refractivity contribution in [2.24, 2.45) is 16.8 Å². The van der Waals surface area contributed by atoms with Gasteiger partial charge in [0.2, 0.25) is 5.91 Å². The number of hydrogen-bond donors (Lipinski definition) is 2. The zero-order valence-corrected chi connectivity index (χ0v) is 11.1. The molecule has 0 spiro atoms. The number of hydrogen-bond acceptors (Lipinski definition) is 3. The van der Waals surface area contributed by atoms with Gasteiger partial charge in [0.15, 0.2) is 0 Å². The lowest BCUT2D eigenvalue weighted by atomic mass is 9.71. The van der Waals surface area contributed by atoms with E-state index in [2.05, 4.69) is 22.3 Å². The number of nitrogens with two attached hydrogens (primary N) is 1. The minimum Gasteiger partial charge on any atom is -0.368 e. The smallest absolute Gasteiger partial charge is 0.238 e. The average Bonchev–Trinajstić information content (AvgIpc) is 2.38. The van der Waals surface area contributed by atoms with Crippen LogP contribution in [-0.2, 0) is 4.79 Å². The first-order chi connectivity index (χ1) is 8.67. The molecule has 1 aliphatic carbocycles.